The van der Waals surface area contributed by atoms with Gasteiger partial charge in [0.25, 0.3) is 0 Å². The Balaban J connectivity index is 2.95. The van der Waals surface area contributed by atoms with Crippen LogP contribution >= 0.6 is 0 Å². The van der Waals surface area contributed by atoms with Crippen LogP contribution in [0.5, 0.6) is 0 Å². The molecule has 0 aliphatic heterocycles. The van der Waals surface area contributed by atoms with E-state index in [-0.39, 0.29) is 6.49 Å². The molecule has 0 atom stereocenters. The molecule has 13 heavy (non-hydrogen) atoms. The van der Waals surface area contributed by atoms with Crippen molar-refractivity contribution < 1.29 is 0 Å². The molecular formula is C7H9B4N2. The first kappa shape index (κ1) is 10.3. The van der Waals surface area contributed by atoms with Crippen molar-refractivity contribution in [2.45, 2.75) is 6.92 Å². The summed E-state index contributed by atoms with van der Waals surface area (Å²) in [7, 11) is 12.5. The van der Waals surface area contributed by atoms with Crippen molar-refractivity contribution in [1.29, 1.82) is 0 Å². The highest BCUT2D eigenvalue weighted by molar-refractivity contribution is 7.50. The predicted octanol–water partition coefficient (Wildman–Crippen LogP) is -1.07. The molecule has 0 unspecified atom stereocenters. The van der Waals surface area contributed by atoms with Crippen molar-refractivity contribution in [3.63, 3.8) is 0 Å². The third-order valence-corrected chi connectivity index (χ3v) is 2.00. The molecule has 2 nitrogen and oxygen atoms in total. The number of nitrogen functional groups attached to an aromatic ring is 1. The summed E-state index contributed by atoms with van der Waals surface area (Å²) in [5.74, 6) is 5.30. The van der Waals surface area contributed by atoms with Gasteiger partial charge < -0.3 is 5.43 Å². The highest BCUT2D eigenvalue weighted by Crippen LogP contribution is 2.09. The average Bonchev–Trinajstić information content (AvgIpc) is 2.16. The molecule has 5 radical (unpaired) electrons. The highest BCUT2D eigenvalue weighted by Gasteiger charge is 2.06. The zero-order valence-electron chi connectivity index (χ0n) is 7.62. The number of nitrogens with two attached hydrogens (primary N) is 1. The van der Waals surface area contributed by atoms with E-state index in [1.807, 2.05) is 25.1 Å². The van der Waals surface area contributed by atoms with E-state index in [9.17, 15) is 0 Å². The maximum absolute atomic E-state index is 5.72. The maximum Gasteiger partial charge on any atom is 0.0805 e. The van der Waals surface area contributed by atoms with Gasteiger partial charge >= 0.3 is 0 Å². The molecule has 0 amide bonds. The number of anilines is 1. The second kappa shape index (κ2) is 4.47. The van der Waals surface area contributed by atoms with Crippen LogP contribution in [0.3, 0.4) is 0 Å². The largest absolute Gasteiger partial charge is 0.324 e. The third kappa shape index (κ3) is 2.34. The molecular weight excluding hydrogens is 155 g/mol. The fourth-order valence-electron chi connectivity index (χ4n) is 1.17. The van der Waals surface area contributed by atoms with Crippen molar-refractivity contribution in [3.05, 3.63) is 23.8 Å². The number of hydrogen-bond donors (Lipinski definition) is 2. The minimum absolute atomic E-state index is 0.217. The normalized spacial score (nSPS) is 9.38. The Bertz CT molecular complexity index is 292. The quantitative estimate of drug-likeness (QED) is 0.339. The first-order valence-electron chi connectivity index (χ1n) is 4.07. The average molecular weight is 164 g/mol. The Morgan fingerprint density at radius 2 is 2.23 bits per heavy atom. The standard InChI is InChI=1S/C7H9B4N2/c1-5-4-6(11(9)10-8)2-3-7(5)13-12/h2-4,13H,12H2,1H3. The van der Waals surface area contributed by atoms with Gasteiger partial charge in [-0.05, 0) is 18.6 Å². The first-order chi connectivity index (χ1) is 6.19. The number of aryl methyl sites for hydroxylation is 1. The van der Waals surface area contributed by atoms with E-state index < -0.39 is 0 Å². The van der Waals surface area contributed by atoms with Crippen molar-refractivity contribution >= 4 is 40.2 Å². The van der Waals surface area contributed by atoms with Crippen LogP contribution in [0.4, 0.5) is 5.69 Å². The van der Waals surface area contributed by atoms with Crippen LogP contribution in [0.15, 0.2) is 18.2 Å². The van der Waals surface area contributed by atoms with E-state index in [1.54, 1.807) is 0 Å². The Hall–Kier alpha value is -0.760. The number of rotatable bonds is 3. The molecule has 59 valence electrons. The van der Waals surface area contributed by atoms with Crippen LogP contribution in [-0.2, 0) is 0 Å². The van der Waals surface area contributed by atoms with Crippen LogP contribution in [0.1, 0.15) is 5.56 Å². The SMILES string of the molecule is [B][B]B([B])c1ccc(NN)c(C)c1. The summed E-state index contributed by atoms with van der Waals surface area (Å²) in [6.45, 7) is 1.74. The molecule has 6 heteroatoms. The molecule has 0 aromatic heterocycles. The third-order valence-electron chi connectivity index (χ3n) is 2.00. The zero-order chi connectivity index (χ0) is 9.84. The van der Waals surface area contributed by atoms with Crippen molar-refractivity contribution in [3.8, 4) is 0 Å². The Morgan fingerprint density at radius 3 is 2.69 bits per heavy atom. The number of nitrogens with one attached hydrogen (secondary N) is 1. The number of benzene rings is 1. The van der Waals surface area contributed by atoms with Gasteiger partial charge in [0.2, 0.25) is 0 Å². The van der Waals surface area contributed by atoms with E-state index in [0.717, 1.165) is 16.7 Å². The lowest BCUT2D eigenvalue weighted by Crippen LogP contribution is -2.38. The molecule has 0 saturated heterocycles. The van der Waals surface area contributed by atoms with Crippen LogP contribution < -0.4 is 16.7 Å². The molecule has 1 rings (SSSR count). The summed E-state index contributed by atoms with van der Waals surface area (Å²) < 4.78 is 0. The first-order valence-corrected chi connectivity index (χ1v) is 4.07. The smallest absolute Gasteiger partial charge is 0.0805 e. The lowest BCUT2D eigenvalue weighted by atomic mass is 9.03. The van der Waals surface area contributed by atoms with Crippen LogP contribution in [0.2, 0.25) is 0 Å². The molecule has 0 spiro atoms. The van der Waals surface area contributed by atoms with Gasteiger partial charge in [-0.2, -0.15) is 0 Å². The van der Waals surface area contributed by atoms with Gasteiger partial charge in [-0.3, -0.25) is 5.84 Å². The molecule has 1 aromatic carbocycles. The highest BCUT2D eigenvalue weighted by atomic mass is 15.2. The summed E-state index contributed by atoms with van der Waals surface area (Å²) in [5.41, 5.74) is 5.53. The van der Waals surface area contributed by atoms with Crippen molar-refractivity contribution in [1.82, 2.24) is 0 Å². The summed E-state index contributed by atoms with van der Waals surface area (Å²) in [6, 6.07) is 5.74. The summed E-state index contributed by atoms with van der Waals surface area (Å²) in [4.78, 5) is 0. The van der Waals surface area contributed by atoms with Gasteiger partial charge in [0.15, 0.2) is 0 Å². The van der Waals surface area contributed by atoms with Crippen molar-refractivity contribution in [2.75, 3.05) is 5.43 Å². The van der Waals surface area contributed by atoms with Crippen LogP contribution in [0, 0.1) is 6.92 Å². The monoisotopic (exact) mass is 165 g/mol. The second-order valence-corrected chi connectivity index (χ2v) is 2.94. The molecule has 0 bridgehead atoms. The van der Waals surface area contributed by atoms with Crippen LogP contribution in [0.25, 0.3) is 0 Å². The summed E-state index contributed by atoms with van der Waals surface area (Å²) >= 11 is 0. The van der Waals surface area contributed by atoms with Crippen molar-refractivity contribution in [2.24, 2.45) is 5.84 Å². The van der Waals surface area contributed by atoms with Gasteiger partial charge in [0, 0.05) is 22.5 Å². The molecule has 0 aliphatic carbocycles. The minimum atomic E-state index is -0.217. The molecule has 3 N–H and O–H groups in total. The maximum atomic E-state index is 5.72. The second-order valence-electron chi connectivity index (χ2n) is 2.94. The molecule has 0 aliphatic rings. The van der Waals surface area contributed by atoms with E-state index in [1.165, 1.54) is 7.06 Å². The lowest BCUT2D eigenvalue weighted by molar-refractivity contribution is 1.31. The Kier molecular flexibility index (Phi) is 3.55. The molecule has 0 fully saturated rings. The summed E-state index contributed by atoms with van der Waals surface area (Å²) in [5, 5.41) is 0. The number of hydrazine groups is 1. The fraction of sp³-hybridized carbons (Fsp3) is 0.143. The Morgan fingerprint density at radius 1 is 1.54 bits per heavy atom. The van der Waals surface area contributed by atoms with Gasteiger partial charge in [0.05, 0.1) is 12.2 Å². The van der Waals surface area contributed by atoms with Gasteiger partial charge in [-0.25, -0.2) is 0 Å². The topological polar surface area (TPSA) is 38.0 Å². The lowest BCUT2D eigenvalue weighted by Gasteiger charge is -2.10. The van der Waals surface area contributed by atoms with E-state index in [0.29, 0.717) is 0 Å². The van der Waals surface area contributed by atoms with E-state index in [2.05, 4.69) is 5.43 Å². The molecule has 0 heterocycles. The van der Waals surface area contributed by atoms with E-state index in [4.69, 9.17) is 21.3 Å². The van der Waals surface area contributed by atoms with Gasteiger partial charge in [-0.15, -0.1) is 0 Å². The summed E-state index contributed by atoms with van der Waals surface area (Å²) in [6.07, 6.45) is 0. The van der Waals surface area contributed by atoms with E-state index >= 15 is 0 Å². The molecule has 1 aromatic rings. The Labute approximate surface area is 82.7 Å². The zero-order valence-corrected chi connectivity index (χ0v) is 7.62. The fourth-order valence-corrected chi connectivity index (χ4v) is 1.17. The predicted molar refractivity (Wildman–Crippen MR) is 61.6 cm³/mol. The van der Waals surface area contributed by atoms with Gasteiger partial charge in [0.1, 0.15) is 0 Å². The van der Waals surface area contributed by atoms with Gasteiger partial charge in [-0.1, -0.05) is 17.6 Å². The minimum Gasteiger partial charge on any atom is -0.324 e. The molecule has 0 saturated carbocycles. The van der Waals surface area contributed by atoms with Crippen LogP contribution in [-0.4, -0.2) is 29.0 Å². The number of hydrogen-bond acceptors (Lipinski definition) is 2.